The van der Waals surface area contributed by atoms with Crippen molar-refractivity contribution >= 4 is 34.1 Å². The third kappa shape index (κ3) is 4.20. The number of esters is 1. The highest BCUT2D eigenvalue weighted by Gasteiger charge is 2.28. The minimum Gasteiger partial charge on any atom is -0.460 e. The summed E-state index contributed by atoms with van der Waals surface area (Å²) in [5.74, 6) is -0.832. The van der Waals surface area contributed by atoms with E-state index in [-0.39, 0.29) is 35.9 Å². The first-order valence-electron chi connectivity index (χ1n) is 8.08. The number of benzene rings is 1. The summed E-state index contributed by atoms with van der Waals surface area (Å²) in [7, 11) is -3.90. The fraction of sp³-hybridized carbons (Fsp3) is 0.353. The molecule has 0 saturated heterocycles. The Bertz CT molecular complexity index is 894. The van der Waals surface area contributed by atoms with Crippen molar-refractivity contribution in [2.75, 3.05) is 12.3 Å². The number of hydrogen-bond donors (Lipinski definition) is 2. The van der Waals surface area contributed by atoms with Crippen LogP contribution in [0.2, 0.25) is 0 Å². The van der Waals surface area contributed by atoms with Gasteiger partial charge in [-0.15, -0.1) is 12.4 Å². The Hall–Kier alpha value is -2.03. The number of ether oxygens (including phenoxy) is 1. The maximum Gasteiger partial charge on any atom is 0.374 e. The lowest BCUT2D eigenvalue weighted by Crippen LogP contribution is -2.31. The number of anilines is 1. The largest absolute Gasteiger partial charge is 0.460 e. The first kappa shape index (κ1) is 20.3. The zero-order valence-electron chi connectivity index (χ0n) is 14.2. The quantitative estimate of drug-likeness (QED) is 0.589. The molecule has 0 aliphatic heterocycles. The number of carbonyl (C=O) groups excluding carboxylic acids is 1. The Morgan fingerprint density at radius 1 is 1.35 bits per heavy atom. The highest BCUT2D eigenvalue weighted by molar-refractivity contribution is 7.89. The number of rotatable bonds is 5. The molecule has 7 nitrogen and oxygen atoms in total. The maximum absolute atomic E-state index is 12.6. The van der Waals surface area contributed by atoms with Crippen molar-refractivity contribution in [3.05, 3.63) is 47.2 Å². The smallest absolute Gasteiger partial charge is 0.374 e. The van der Waals surface area contributed by atoms with Crippen molar-refractivity contribution in [3.8, 4) is 0 Å². The second-order valence-corrected chi connectivity index (χ2v) is 7.51. The lowest BCUT2D eigenvalue weighted by atomic mass is 9.88. The molecule has 142 valence electrons. The van der Waals surface area contributed by atoms with Gasteiger partial charge in [0.1, 0.15) is 0 Å². The lowest BCUT2D eigenvalue weighted by Gasteiger charge is -2.26. The molecule has 3 rings (SSSR count). The number of nitrogens with one attached hydrogen (secondary N) is 1. The molecule has 0 amide bonds. The summed E-state index contributed by atoms with van der Waals surface area (Å²) in [5.41, 5.74) is 8.43. The number of sulfonamides is 1. The van der Waals surface area contributed by atoms with Crippen molar-refractivity contribution in [1.29, 1.82) is 0 Å². The van der Waals surface area contributed by atoms with Crippen molar-refractivity contribution in [1.82, 2.24) is 4.72 Å². The molecular weight excluding hydrogens is 380 g/mol. The van der Waals surface area contributed by atoms with Crippen molar-refractivity contribution < 1.29 is 22.4 Å². The first-order valence-corrected chi connectivity index (χ1v) is 9.56. The van der Waals surface area contributed by atoms with Gasteiger partial charge in [-0.1, -0.05) is 6.07 Å². The Balaban J connectivity index is 0.00000243. The number of hydrogen-bond acceptors (Lipinski definition) is 6. The second-order valence-electron chi connectivity index (χ2n) is 5.86. The van der Waals surface area contributed by atoms with Crippen molar-refractivity contribution in [3.63, 3.8) is 0 Å². The molecule has 9 heteroatoms. The van der Waals surface area contributed by atoms with E-state index in [9.17, 15) is 13.2 Å². The molecule has 1 aromatic carbocycles. The van der Waals surface area contributed by atoms with Crippen LogP contribution < -0.4 is 10.5 Å². The molecule has 1 aliphatic carbocycles. The molecule has 3 N–H and O–H groups in total. The molecule has 26 heavy (non-hydrogen) atoms. The summed E-state index contributed by atoms with van der Waals surface area (Å²) < 4.78 is 37.8. The molecule has 1 aliphatic rings. The van der Waals surface area contributed by atoms with Gasteiger partial charge in [0.15, 0.2) is 0 Å². The minimum atomic E-state index is -3.90. The number of fused-ring (bicyclic) bond motifs is 1. The third-order valence-electron chi connectivity index (χ3n) is 4.10. The molecule has 0 spiro atoms. The summed E-state index contributed by atoms with van der Waals surface area (Å²) in [6.45, 7) is 1.84. The van der Waals surface area contributed by atoms with Crippen molar-refractivity contribution in [2.45, 2.75) is 37.3 Å². The zero-order chi connectivity index (χ0) is 18.0. The minimum absolute atomic E-state index is 0. The molecule has 1 atom stereocenters. The van der Waals surface area contributed by atoms with Gasteiger partial charge in [0.25, 0.3) is 10.0 Å². The second kappa shape index (κ2) is 8.11. The number of furan rings is 1. The van der Waals surface area contributed by atoms with E-state index in [1.54, 1.807) is 13.0 Å². The van der Waals surface area contributed by atoms with Crippen LogP contribution in [0.25, 0.3) is 0 Å². The summed E-state index contributed by atoms with van der Waals surface area (Å²) in [5, 5.41) is -0.307. The van der Waals surface area contributed by atoms with E-state index in [1.165, 1.54) is 12.1 Å². The van der Waals surface area contributed by atoms with E-state index in [0.717, 1.165) is 24.0 Å². The number of nitrogen functional groups attached to an aromatic ring is 1. The van der Waals surface area contributed by atoms with E-state index in [0.29, 0.717) is 12.1 Å². The molecule has 2 aromatic rings. The summed E-state index contributed by atoms with van der Waals surface area (Å²) in [6, 6.07) is 7.68. The lowest BCUT2D eigenvalue weighted by molar-refractivity contribution is 0.0484. The van der Waals surface area contributed by atoms with Gasteiger partial charge in [-0.05, 0) is 61.6 Å². The van der Waals surface area contributed by atoms with Crippen LogP contribution in [-0.2, 0) is 21.2 Å². The molecule has 0 radical (unpaired) electrons. The summed E-state index contributed by atoms with van der Waals surface area (Å²) in [4.78, 5) is 11.6. The molecule has 0 fully saturated rings. The number of nitrogens with two attached hydrogens (primary N) is 1. The average molecular weight is 401 g/mol. The topological polar surface area (TPSA) is 112 Å². The van der Waals surface area contributed by atoms with Crippen LogP contribution in [0.15, 0.2) is 39.8 Å². The molecule has 0 saturated carbocycles. The Labute approximate surface area is 158 Å². The third-order valence-corrected chi connectivity index (χ3v) is 5.45. The van der Waals surface area contributed by atoms with Crippen LogP contribution in [0.1, 0.15) is 47.5 Å². The van der Waals surface area contributed by atoms with E-state index in [1.807, 2.05) is 12.1 Å². The van der Waals surface area contributed by atoms with E-state index in [2.05, 4.69) is 4.72 Å². The van der Waals surface area contributed by atoms with E-state index < -0.39 is 16.0 Å². The number of aryl methyl sites for hydroxylation is 1. The molecule has 1 heterocycles. The monoisotopic (exact) mass is 400 g/mol. The first-order chi connectivity index (χ1) is 11.9. The van der Waals surface area contributed by atoms with Crippen LogP contribution in [-0.4, -0.2) is 21.0 Å². The van der Waals surface area contributed by atoms with Crippen LogP contribution in [0, 0.1) is 0 Å². The number of carbonyl (C=O) groups is 1. The van der Waals surface area contributed by atoms with Crippen LogP contribution >= 0.6 is 12.4 Å². The summed E-state index contributed by atoms with van der Waals surface area (Å²) in [6.07, 6.45) is 2.41. The predicted molar refractivity (Wildman–Crippen MR) is 98.8 cm³/mol. The van der Waals surface area contributed by atoms with Gasteiger partial charge in [-0.25, -0.2) is 17.9 Å². The molecule has 1 unspecified atom stereocenters. The van der Waals surface area contributed by atoms with Crippen LogP contribution in [0.3, 0.4) is 0 Å². The fourth-order valence-corrected chi connectivity index (χ4v) is 4.16. The number of halogens is 1. The Morgan fingerprint density at radius 3 is 2.85 bits per heavy atom. The Kier molecular flexibility index (Phi) is 6.33. The van der Waals surface area contributed by atoms with Gasteiger partial charge >= 0.3 is 5.97 Å². The highest BCUT2D eigenvalue weighted by Crippen LogP contribution is 2.32. The van der Waals surface area contributed by atoms with Gasteiger partial charge in [0.2, 0.25) is 10.9 Å². The molecular formula is C17H21ClN2O5S. The normalized spacial score (nSPS) is 16.4. The van der Waals surface area contributed by atoms with Gasteiger partial charge in [-0.2, -0.15) is 0 Å². The van der Waals surface area contributed by atoms with Gasteiger partial charge in [0.05, 0.1) is 6.61 Å². The van der Waals surface area contributed by atoms with E-state index in [4.69, 9.17) is 14.9 Å². The predicted octanol–water partition coefficient (Wildman–Crippen LogP) is 2.82. The average Bonchev–Trinajstić information content (AvgIpc) is 3.06. The van der Waals surface area contributed by atoms with Gasteiger partial charge in [0, 0.05) is 11.7 Å². The van der Waals surface area contributed by atoms with Crippen molar-refractivity contribution in [2.24, 2.45) is 0 Å². The fourth-order valence-electron chi connectivity index (χ4n) is 2.98. The van der Waals surface area contributed by atoms with Crippen LogP contribution in [0.4, 0.5) is 5.69 Å². The molecule has 0 bridgehead atoms. The Morgan fingerprint density at radius 2 is 2.12 bits per heavy atom. The standard InChI is InChI=1S/C17H20N2O5S.ClH/c1-2-23-17(20)15-8-9-16(24-15)25(21,22)19-14-5-3-4-11-10-12(18)6-7-13(11)14;/h6-10,14,19H,2-5,18H2,1H3;1H. The van der Waals surface area contributed by atoms with Gasteiger partial charge in [-0.3, -0.25) is 0 Å². The maximum atomic E-state index is 12.6. The van der Waals surface area contributed by atoms with Crippen LogP contribution in [0.5, 0.6) is 0 Å². The summed E-state index contributed by atoms with van der Waals surface area (Å²) >= 11 is 0. The SMILES string of the molecule is CCOC(=O)c1ccc(S(=O)(=O)NC2CCCc3cc(N)ccc32)o1.Cl. The molecule has 1 aromatic heterocycles. The van der Waals surface area contributed by atoms with Gasteiger partial charge < -0.3 is 14.9 Å². The highest BCUT2D eigenvalue weighted by atomic mass is 35.5. The zero-order valence-corrected chi connectivity index (χ0v) is 15.9. The van der Waals surface area contributed by atoms with E-state index >= 15 is 0 Å².